The van der Waals surface area contributed by atoms with E-state index >= 15 is 0 Å². The lowest BCUT2D eigenvalue weighted by Gasteiger charge is -2.15. The highest BCUT2D eigenvalue weighted by atomic mass is 79.9. The summed E-state index contributed by atoms with van der Waals surface area (Å²) in [7, 11) is 0. The number of benzene rings is 3. The zero-order valence-electron chi connectivity index (χ0n) is 18.4. The molecule has 1 aromatic heterocycles. The molecule has 3 aromatic carbocycles. The topological polar surface area (TPSA) is 54.3 Å². The first-order valence-corrected chi connectivity index (χ1v) is 13.1. The van der Waals surface area contributed by atoms with Gasteiger partial charge in [0.1, 0.15) is 12.4 Å². The van der Waals surface area contributed by atoms with Gasteiger partial charge in [0.2, 0.25) is 5.91 Å². The number of carbonyl (C=O) groups is 2. The van der Waals surface area contributed by atoms with Gasteiger partial charge in [0, 0.05) is 32.8 Å². The molecule has 2 heterocycles. The number of para-hydroxylation sites is 1. The summed E-state index contributed by atoms with van der Waals surface area (Å²) in [5.74, 6) is -0.871. The van der Waals surface area contributed by atoms with Crippen LogP contribution in [-0.4, -0.2) is 20.7 Å². The number of anilines is 2. The number of hydrogen-bond donors (Lipinski definition) is 1. The van der Waals surface area contributed by atoms with Gasteiger partial charge in [-0.2, -0.15) is 0 Å². The number of thiocarbonyl (C=S) groups is 1. The van der Waals surface area contributed by atoms with Crippen LogP contribution < -0.4 is 10.2 Å². The summed E-state index contributed by atoms with van der Waals surface area (Å²) < 4.78 is 16.1. The Labute approximate surface area is 229 Å². The number of halogens is 3. The van der Waals surface area contributed by atoms with Crippen LogP contribution in [0.15, 0.2) is 82.3 Å². The molecule has 0 unspecified atom stereocenters. The number of rotatable bonds is 5. The minimum atomic E-state index is -0.373. The third-order valence-electron chi connectivity index (χ3n) is 5.50. The monoisotopic (exact) mass is 599 g/mol. The summed E-state index contributed by atoms with van der Waals surface area (Å²) in [4.78, 5) is 27.9. The zero-order chi connectivity index (χ0) is 25.4. The molecule has 10 heteroatoms. The van der Waals surface area contributed by atoms with E-state index in [-0.39, 0.29) is 24.2 Å². The quantitative estimate of drug-likeness (QED) is 0.194. The standard InChI is InChI=1S/C26H16BrClFN3O2S2/c27-20-10-9-18(12-21(20)28)32-25(34)23(36-26(32)35)11-15-13-31(22-4-2-1-3-19(15)22)14-24(33)30-17-7-5-16(29)6-8-17/h1-13H,14H2,(H,30,33)/b23-11-. The molecule has 0 atom stereocenters. The first-order chi connectivity index (χ1) is 17.3. The molecule has 5 nitrogen and oxygen atoms in total. The van der Waals surface area contributed by atoms with Gasteiger partial charge in [-0.05, 0) is 70.5 Å². The Balaban J connectivity index is 1.43. The van der Waals surface area contributed by atoms with Crippen LogP contribution in [0.1, 0.15) is 5.56 Å². The Hall–Kier alpha value is -2.98. The molecule has 1 N–H and O–H groups in total. The van der Waals surface area contributed by atoms with Crippen molar-refractivity contribution >= 4 is 96.0 Å². The molecule has 1 aliphatic heterocycles. The number of amides is 2. The van der Waals surface area contributed by atoms with Crippen molar-refractivity contribution in [2.75, 3.05) is 10.2 Å². The molecule has 180 valence electrons. The molecular weight excluding hydrogens is 585 g/mol. The van der Waals surface area contributed by atoms with Crippen molar-refractivity contribution < 1.29 is 14.0 Å². The maximum absolute atomic E-state index is 13.3. The van der Waals surface area contributed by atoms with Gasteiger partial charge in [-0.15, -0.1) is 0 Å². The number of carbonyl (C=O) groups excluding carboxylic acids is 2. The highest BCUT2D eigenvalue weighted by Crippen LogP contribution is 2.38. The van der Waals surface area contributed by atoms with Crippen LogP contribution in [0, 0.1) is 5.82 Å². The van der Waals surface area contributed by atoms with Crippen LogP contribution in [0.4, 0.5) is 15.8 Å². The number of hydrogen-bond acceptors (Lipinski definition) is 4. The Kier molecular flexibility index (Phi) is 6.98. The van der Waals surface area contributed by atoms with E-state index in [1.165, 1.54) is 40.9 Å². The van der Waals surface area contributed by atoms with Crippen molar-refractivity contribution in [2.24, 2.45) is 0 Å². The van der Waals surface area contributed by atoms with Crippen LogP contribution in [0.2, 0.25) is 5.02 Å². The second-order valence-corrected chi connectivity index (χ2v) is 10.8. The Morgan fingerprint density at radius 2 is 1.89 bits per heavy atom. The van der Waals surface area contributed by atoms with Gasteiger partial charge >= 0.3 is 0 Å². The zero-order valence-corrected chi connectivity index (χ0v) is 22.3. The van der Waals surface area contributed by atoms with E-state index < -0.39 is 0 Å². The first-order valence-electron chi connectivity index (χ1n) is 10.7. The molecule has 0 spiro atoms. The van der Waals surface area contributed by atoms with Crippen LogP contribution in [0.5, 0.6) is 0 Å². The predicted molar refractivity (Wildman–Crippen MR) is 152 cm³/mol. The van der Waals surface area contributed by atoms with Gasteiger partial charge in [-0.3, -0.25) is 14.5 Å². The molecule has 0 saturated carbocycles. The Morgan fingerprint density at radius 3 is 2.64 bits per heavy atom. The van der Waals surface area contributed by atoms with E-state index in [9.17, 15) is 14.0 Å². The fraction of sp³-hybridized carbons (Fsp3) is 0.0385. The van der Waals surface area contributed by atoms with Gasteiger partial charge in [0.25, 0.3) is 5.91 Å². The fourth-order valence-electron chi connectivity index (χ4n) is 3.87. The Bertz CT molecular complexity index is 1570. The largest absolute Gasteiger partial charge is 0.337 e. The van der Waals surface area contributed by atoms with Gasteiger partial charge in [0.05, 0.1) is 15.6 Å². The maximum atomic E-state index is 13.3. The summed E-state index contributed by atoms with van der Waals surface area (Å²) in [5, 5.41) is 4.14. The molecule has 1 saturated heterocycles. The third kappa shape index (κ3) is 4.97. The van der Waals surface area contributed by atoms with Crippen molar-refractivity contribution in [1.82, 2.24) is 4.57 Å². The second-order valence-electron chi connectivity index (χ2n) is 7.90. The molecule has 2 amide bonds. The van der Waals surface area contributed by atoms with Gasteiger partial charge in [0.15, 0.2) is 4.32 Å². The molecule has 36 heavy (non-hydrogen) atoms. The van der Waals surface area contributed by atoms with Crippen LogP contribution in [-0.2, 0) is 16.1 Å². The predicted octanol–water partition coefficient (Wildman–Crippen LogP) is 7.24. The average Bonchev–Trinajstić information content (AvgIpc) is 3.33. The molecule has 0 aliphatic carbocycles. The van der Waals surface area contributed by atoms with E-state index in [1.54, 1.807) is 24.3 Å². The lowest BCUT2D eigenvalue weighted by Crippen LogP contribution is -2.27. The highest BCUT2D eigenvalue weighted by Gasteiger charge is 2.33. The summed E-state index contributed by atoms with van der Waals surface area (Å²) in [6, 6.07) is 18.5. The van der Waals surface area contributed by atoms with E-state index in [4.69, 9.17) is 23.8 Å². The summed E-state index contributed by atoms with van der Waals surface area (Å²) in [6.07, 6.45) is 3.62. The summed E-state index contributed by atoms with van der Waals surface area (Å²) in [5.41, 5.74) is 2.73. The lowest BCUT2D eigenvalue weighted by atomic mass is 10.1. The SMILES string of the molecule is O=C(Cn1cc(/C=C2\SC(=S)N(c3ccc(Br)c(Cl)c3)C2=O)c2ccccc21)Nc1ccc(F)cc1. The average molecular weight is 601 g/mol. The molecule has 1 fully saturated rings. The third-order valence-corrected chi connectivity index (χ3v) is 8.04. The normalized spacial score (nSPS) is 14.8. The second kappa shape index (κ2) is 10.2. The summed E-state index contributed by atoms with van der Waals surface area (Å²) in [6.45, 7) is 0.0457. The van der Waals surface area contributed by atoms with E-state index in [0.29, 0.717) is 25.6 Å². The number of nitrogens with zero attached hydrogens (tertiary/aromatic N) is 2. The Morgan fingerprint density at radius 1 is 1.14 bits per heavy atom. The van der Waals surface area contributed by atoms with E-state index in [1.807, 2.05) is 35.0 Å². The minimum absolute atomic E-state index is 0.0457. The van der Waals surface area contributed by atoms with Crippen LogP contribution in [0.25, 0.3) is 17.0 Å². The van der Waals surface area contributed by atoms with Crippen LogP contribution >= 0.6 is 51.5 Å². The molecule has 4 aromatic rings. The summed E-state index contributed by atoms with van der Waals surface area (Å²) >= 11 is 16.3. The molecule has 5 rings (SSSR count). The molecule has 0 radical (unpaired) electrons. The van der Waals surface area contributed by atoms with Gasteiger partial charge < -0.3 is 9.88 Å². The number of thioether (sulfide) groups is 1. The lowest BCUT2D eigenvalue weighted by molar-refractivity contribution is -0.116. The fourth-order valence-corrected chi connectivity index (χ4v) is 5.58. The number of fused-ring (bicyclic) bond motifs is 1. The highest BCUT2D eigenvalue weighted by molar-refractivity contribution is 9.10. The van der Waals surface area contributed by atoms with Gasteiger partial charge in [-0.1, -0.05) is 53.8 Å². The van der Waals surface area contributed by atoms with E-state index in [0.717, 1.165) is 20.9 Å². The van der Waals surface area contributed by atoms with Crippen molar-refractivity contribution in [1.29, 1.82) is 0 Å². The van der Waals surface area contributed by atoms with Crippen molar-refractivity contribution in [3.05, 3.63) is 98.7 Å². The molecule has 1 aliphatic rings. The van der Waals surface area contributed by atoms with Crippen molar-refractivity contribution in [3.63, 3.8) is 0 Å². The van der Waals surface area contributed by atoms with Crippen LogP contribution in [0.3, 0.4) is 0 Å². The molecular formula is C26H16BrClFN3O2S2. The minimum Gasteiger partial charge on any atom is -0.337 e. The van der Waals surface area contributed by atoms with E-state index in [2.05, 4.69) is 21.2 Å². The smallest absolute Gasteiger partial charge is 0.270 e. The number of aromatic nitrogens is 1. The maximum Gasteiger partial charge on any atom is 0.270 e. The first kappa shape index (κ1) is 24.7. The molecule has 0 bridgehead atoms. The number of nitrogens with one attached hydrogen (secondary N) is 1. The van der Waals surface area contributed by atoms with Crippen molar-refractivity contribution in [3.8, 4) is 0 Å². The van der Waals surface area contributed by atoms with Gasteiger partial charge in [-0.25, -0.2) is 4.39 Å². The van der Waals surface area contributed by atoms with Crippen molar-refractivity contribution in [2.45, 2.75) is 6.54 Å².